The van der Waals surface area contributed by atoms with Crippen LogP contribution in [0.3, 0.4) is 0 Å². The van der Waals surface area contributed by atoms with E-state index in [0.29, 0.717) is 11.1 Å². The largest absolute Gasteiger partial charge is 0.444 e. The second kappa shape index (κ2) is 9.62. The summed E-state index contributed by atoms with van der Waals surface area (Å²) in [5.74, 6) is 2.35. The number of guanidine groups is 1. The van der Waals surface area contributed by atoms with E-state index in [0.717, 1.165) is 43.3 Å². The molecule has 2 N–H and O–H groups in total. The molecule has 0 amide bonds. The molecule has 0 saturated carbocycles. The molecular weight excluding hydrogens is 351 g/mol. The Morgan fingerprint density at radius 1 is 1.35 bits per heavy atom. The number of rotatable bonds is 7. The van der Waals surface area contributed by atoms with E-state index in [1.54, 1.807) is 18.4 Å². The van der Waals surface area contributed by atoms with Crippen LogP contribution in [0, 0.1) is 5.82 Å². The minimum absolute atomic E-state index is 0.268. The predicted molar refractivity (Wildman–Crippen MR) is 105 cm³/mol. The molecule has 1 saturated heterocycles. The lowest BCUT2D eigenvalue weighted by Crippen LogP contribution is -2.38. The molecule has 1 atom stereocenters. The molecule has 26 heavy (non-hydrogen) atoms. The highest BCUT2D eigenvalue weighted by molar-refractivity contribution is 8.00. The number of oxazole rings is 1. The van der Waals surface area contributed by atoms with Gasteiger partial charge in [0.2, 0.25) is 5.89 Å². The van der Waals surface area contributed by atoms with Crippen LogP contribution in [-0.4, -0.2) is 41.6 Å². The van der Waals surface area contributed by atoms with Gasteiger partial charge in [-0.1, -0.05) is 0 Å². The van der Waals surface area contributed by atoms with Crippen molar-refractivity contribution in [3.8, 4) is 11.5 Å². The molecule has 5 nitrogen and oxygen atoms in total. The first kappa shape index (κ1) is 18.8. The third kappa shape index (κ3) is 5.49. The average Bonchev–Trinajstić information content (AvgIpc) is 3.32. The second-order valence-corrected chi connectivity index (χ2v) is 7.59. The van der Waals surface area contributed by atoms with E-state index in [1.807, 2.05) is 11.8 Å². The highest BCUT2D eigenvalue weighted by Gasteiger charge is 2.15. The second-order valence-electron chi connectivity index (χ2n) is 6.18. The van der Waals surface area contributed by atoms with E-state index >= 15 is 0 Å². The molecule has 1 aromatic heterocycles. The van der Waals surface area contributed by atoms with Crippen molar-refractivity contribution in [1.29, 1.82) is 0 Å². The number of thioether (sulfide) groups is 1. The zero-order valence-corrected chi connectivity index (χ0v) is 15.8. The molecule has 1 unspecified atom stereocenters. The number of nitrogens with zero attached hydrogens (tertiary/aromatic N) is 2. The van der Waals surface area contributed by atoms with Crippen molar-refractivity contribution in [3.05, 3.63) is 42.0 Å². The van der Waals surface area contributed by atoms with Crippen molar-refractivity contribution < 1.29 is 8.81 Å². The van der Waals surface area contributed by atoms with Gasteiger partial charge in [0.05, 0.1) is 12.2 Å². The Labute approximate surface area is 157 Å². The van der Waals surface area contributed by atoms with Crippen LogP contribution in [0.2, 0.25) is 0 Å². The summed E-state index contributed by atoms with van der Waals surface area (Å²) < 4.78 is 18.5. The monoisotopic (exact) mass is 376 g/mol. The maximum Gasteiger partial charge on any atom is 0.226 e. The molecule has 140 valence electrons. The number of aliphatic imine (C=N–C) groups is 1. The number of benzene rings is 1. The number of hydrogen-bond acceptors (Lipinski definition) is 4. The summed E-state index contributed by atoms with van der Waals surface area (Å²) in [4.78, 5) is 9.15. The molecular formula is C19H25FN4OS. The zero-order valence-electron chi connectivity index (χ0n) is 15.0. The SMILES string of the molecule is CCNC(=NCC1CCCS1)NCCc1coc(-c2ccc(F)cc2)n1. The van der Waals surface area contributed by atoms with Crippen LogP contribution in [0.4, 0.5) is 4.39 Å². The topological polar surface area (TPSA) is 62.5 Å². The molecule has 0 bridgehead atoms. The first-order valence-corrected chi connectivity index (χ1v) is 10.1. The van der Waals surface area contributed by atoms with Crippen LogP contribution in [0.15, 0.2) is 39.9 Å². The Morgan fingerprint density at radius 2 is 2.19 bits per heavy atom. The third-order valence-electron chi connectivity index (χ3n) is 4.14. The van der Waals surface area contributed by atoms with Crippen molar-refractivity contribution in [2.24, 2.45) is 4.99 Å². The van der Waals surface area contributed by atoms with E-state index in [4.69, 9.17) is 4.42 Å². The summed E-state index contributed by atoms with van der Waals surface area (Å²) in [5, 5.41) is 7.28. The number of nitrogens with one attached hydrogen (secondary N) is 2. The van der Waals surface area contributed by atoms with Crippen LogP contribution < -0.4 is 10.6 Å². The van der Waals surface area contributed by atoms with Crippen molar-refractivity contribution in [2.45, 2.75) is 31.4 Å². The van der Waals surface area contributed by atoms with Gasteiger partial charge >= 0.3 is 0 Å². The molecule has 3 rings (SSSR count). The quantitative estimate of drug-likeness (QED) is 0.572. The van der Waals surface area contributed by atoms with Crippen molar-refractivity contribution in [2.75, 3.05) is 25.4 Å². The number of halogens is 1. The molecule has 2 heterocycles. The maximum atomic E-state index is 13.0. The van der Waals surface area contributed by atoms with Gasteiger partial charge in [-0.3, -0.25) is 4.99 Å². The average molecular weight is 377 g/mol. The summed E-state index contributed by atoms with van der Waals surface area (Å²) in [6.07, 6.45) is 4.95. The predicted octanol–water partition coefficient (Wildman–Crippen LogP) is 3.47. The van der Waals surface area contributed by atoms with Crippen LogP contribution in [0.1, 0.15) is 25.5 Å². The normalized spacial score (nSPS) is 17.5. The lowest BCUT2D eigenvalue weighted by molar-refractivity contribution is 0.571. The standard InChI is InChI=1S/C19H25FN4OS/c1-2-21-19(23-12-17-4-3-11-26-17)22-10-9-16-13-25-18(24-16)14-5-7-15(20)8-6-14/h5-8,13,17H,2-4,9-12H2,1H3,(H2,21,22,23). The van der Waals surface area contributed by atoms with E-state index in [9.17, 15) is 4.39 Å². The summed E-state index contributed by atoms with van der Waals surface area (Å²) in [6.45, 7) is 4.48. The Kier molecular flexibility index (Phi) is 6.94. The highest BCUT2D eigenvalue weighted by Crippen LogP contribution is 2.26. The van der Waals surface area contributed by atoms with Gasteiger partial charge in [-0.05, 0) is 49.8 Å². The van der Waals surface area contributed by atoms with Crippen molar-refractivity contribution in [3.63, 3.8) is 0 Å². The zero-order chi connectivity index (χ0) is 18.2. The highest BCUT2D eigenvalue weighted by atomic mass is 32.2. The minimum Gasteiger partial charge on any atom is -0.444 e. The van der Waals surface area contributed by atoms with E-state index in [1.165, 1.54) is 30.7 Å². The first-order chi connectivity index (χ1) is 12.7. The maximum absolute atomic E-state index is 13.0. The lowest BCUT2D eigenvalue weighted by Gasteiger charge is -2.12. The van der Waals surface area contributed by atoms with Gasteiger partial charge in [-0.15, -0.1) is 0 Å². The summed E-state index contributed by atoms with van der Waals surface area (Å²) in [5.41, 5.74) is 1.63. The summed E-state index contributed by atoms with van der Waals surface area (Å²) in [7, 11) is 0. The van der Waals surface area contributed by atoms with Gasteiger partial charge in [0, 0.05) is 30.3 Å². The first-order valence-electron chi connectivity index (χ1n) is 9.08. The van der Waals surface area contributed by atoms with Gasteiger partial charge in [0.1, 0.15) is 12.1 Å². The van der Waals surface area contributed by atoms with Gasteiger partial charge in [-0.25, -0.2) is 9.37 Å². The Balaban J connectivity index is 1.49. The van der Waals surface area contributed by atoms with E-state index < -0.39 is 0 Å². The minimum atomic E-state index is -0.268. The van der Waals surface area contributed by atoms with Crippen molar-refractivity contribution in [1.82, 2.24) is 15.6 Å². The van der Waals surface area contributed by atoms with Crippen LogP contribution >= 0.6 is 11.8 Å². The molecule has 1 fully saturated rings. The number of hydrogen-bond donors (Lipinski definition) is 2. The molecule has 7 heteroatoms. The molecule has 0 spiro atoms. The van der Waals surface area contributed by atoms with Gasteiger partial charge in [0.15, 0.2) is 5.96 Å². The Bertz CT molecular complexity index is 711. The van der Waals surface area contributed by atoms with E-state index in [-0.39, 0.29) is 5.82 Å². The van der Waals surface area contributed by atoms with Gasteiger partial charge in [-0.2, -0.15) is 11.8 Å². The van der Waals surface area contributed by atoms with Crippen LogP contribution in [0.5, 0.6) is 0 Å². The molecule has 1 aliphatic heterocycles. The summed E-state index contributed by atoms with van der Waals surface area (Å²) >= 11 is 2.02. The fourth-order valence-electron chi connectivity index (χ4n) is 2.78. The third-order valence-corrected chi connectivity index (χ3v) is 5.52. The van der Waals surface area contributed by atoms with Gasteiger partial charge in [0.25, 0.3) is 0 Å². The molecule has 1 aliphatic rings. The molecule has 1 aromatic carbocycles. The number of aromatic nitrogens is 1. The summed E-state index contributed by atoms with van der Waals surface area (Å²) in [6, 6.07) is 6.14. The fraction of sp³-hybridized carbons (Fsp3) is 0.474. The Hall–Kier alpha value is -2.02. The van der Waals surface area contributed by atoms with Crippen molar-refractivity contribution >= 4 is 17.7 Å². The van der Waals surface area contributed by atoms with E-state index in [2.05, 4.69) is 27.5 Å². The molecule has 0 aliphatic carbocycles. The smallest absolute Gasteiger partial charge is 0.226 e. The fourth-order valence-corrected chi connectivity index (χ4v) is 3.96. The Morgan fingerprint density at radius 3 is 2.92 bits per heavy atom. The van der Waals surface area contributed by atoms with Crippen LogP contribution in [0.25, 0.3) is 11.5 Å². The molecule has 0 radical (unpaired) electrons. The molecule has 2 aromatic rings. The lowest BCUT2D eigenvalue weighted by atomic mass is 10.2. The van der Waals surface area contributed by atoms with Crippen LogP contribution in [-0.2, 0) is 6.42 Å². The van der Waals surface area contributed by atoms with Gasteiger partial charge < -0.3 is 15.1 Å².